The van der Waals surface area contributed by atoms with Crippen molar-refractivity contribution in [1.29, 1.82) is 0 Å². The number of hydrogen-bond donors (Lipinski definition) is 2. The van der Waals surface area contributed by atoms with Crippen LogP contribution in [-0.2, 0) is 14.4 Å². The van der Waals surface area contributed by atoms with Gasteiger partial charge in [-0.25, -0.2) is 0 Å². The van der Waals surface area contributed by atoms with E-state index in [1.807, 2.05) is 0 Å². The van der Waals surface area contributed by atoms with E-state index >= 15 is 0 Å². The molecule has 2 heterocycles. The van der Waals surface area contributed by atoms with Crippen molar-refractivity contribution in [3.63, 3.8) is 0 Å². The molecule has 1 aliphatic carbocycles. The van der Waals surface area contributed by atoms with E-state index in [0.717, 1.165) is 38.5 Å². The Balaban J connectivity index is 1.51. The number of benzene rings is 1. The topological polar surface area (TPSA) is 108 Å². The number of carbonyl (C=O) groups excluding carboxylic acids is 4. The molecule has 1 saturated carbocycles. The lowest BCUT2D eigenvalue weighted by Crippen LogP contribution is -2.64. The molecule has 9 nitrogen and oxygen atoms in total. The van der Waals surface area contributed by atoms with Crippen LogP contribution < -0.4 is 15.4 Å². The van der Waals surface area contributed by atoms with Gasteiger partial charge in [0.15, 0.2) is 0 Å². The smallest absolute Gasteiger partial charge is 0.254 e. The van der Waals surface area contributed by atoms with Crippen LogP contribution in [0, 0.1) is 5.92 Å². The summed E-state index contributed by atoms with van der Waals surface area (Å²) in [6.07, 6.45) is 6.20. The second-order valence-corrected chi connectivity index (χ2v) is 9.36. The maximum atomic E-state index is 13.4. The van der Waals surface area contributed by atoms with Crippen molar-refractivity contribution < 1.29 is 23.9 Å². The number of carbonyl (C=O) groups is 4. The van der Waals surface area contributed by atoms with Crippen molar-refractivity contribution in [1.82, 2.24) is 20.4 Å². The number of methoxy groups -OCH3 is 1. The fraction of sp³-hybridized carbons (Fsp3) is 0.600. The summed E-state index contributed by atoms with van der Waals surface area (Å²) in [5.74, 6) is -0.205. The summed E-state index contributed by atoms with van der Waals surface area (Å²) in [7, 11) is 1.56. The maximum Gasteiger partial charge on any atom is 0.254 e. The van der Waals surface area contributed by atoms with Crippen LogP contribution in [0.4, 0.5) is 0 Å². The molecule has 0 radical (unpaired) electrons. The van der Waals surface area contributed by atoms with Crippen LogP contribution in [0.2, 0.25) is 0 Å². The van der Waals surface area contributed by atoms with Gasteiger partial charge in [-0.2, -0.15) is 0 Å². The van der Waals surface area contributed by atoms with E-state index in [-0.39, 0.29) is 36.1 Å². The maximum absolute atomic E-state index is 13.4. The highest BCUT2D eigenvalue weighted by Gasteiger charge is 2.40. The molecule has 0 aromatic heterocycles. The lowest BCUT2D eigenvalue weighted by Gasteiger charge is -2.42. The molecule has 4 amide bonds. The summed E-state index contributed by atoms with van der Waals surface area (Å²) < 4.78 is 5.17. The van der Waals surface area contributed by atoms with E-state index in [1.54, 1.807) is 41.2 Å². The Hall–Kier alpha value is -3.10. The summed E-state index contributed by atoms with van der Waals surface area (Å²) in [6.45, 7) is 1.36. The third-order valence-corrected chi connectivity index (χ3v) is 7.15. The molecular formula is C25H34N4O5. The van der Waals surface area contributed by atoms with Gasteiger partial charge in [0.05, 0.1) is 13.7 Å². The third-order valence-electron chi connectivity index (χ3n) is 7.15. The van der Waals surface area contributed by atoms with Crippen LogP contribution in [0.3, 0.4) is 0 Å². The van der Waals surface area contributed by atoms with Crippen LogP contribution in [0.5, 0.6) is 5.75 Å². The minimum Gasteiger partial charge on any atom is -0.497 e. The molecule has 0 bridgehead atoms. The van der Waals surface area contributed by atoms with E-state index in [1.165, 1.54) is 0 Å². The number of piperazine rings is 1. The van der Waals surface area contributed by atoms with Gasteiger partial charge in [0.25, 0.3) is 5.91 Å². The Labute approximate surface area is 200 Å². The predicted molar refractivity (Wildman–Crippen MR) is 125 cm³/mol. The molecule has 9 heteroatoms. The Kier molecular flexibility index (Phi) is 7.70. The van der Waals surface area contributed by atoms with Gasteiger partial charge in [-0.05, 0) is 49.9 Å². The molecule has 184 valence electrons. The van der Waals surface area contributed by atoms with Gasteiger partial charge in [0.2, 0.25) is 17.7 Å². The van der Waals surface area contributed by atoms with Gasteiger partial charge in [0.1, 0.15) is 17.8 Å². The Bertz CT molecular complexity index is 912. The molecule has 3 fully saturated rings. The highest BCUT2D eigenvalue weighted by Crippen LogP contribution is 2.27. The zero-order valence-corrected chi connectivity index (χ0v) is 19.8. The lowest BCUT2D eigenvalue weighted by atomic mass is 9.87. The molecule has 3 aliphatic rings. The monoisotopic (exact) mass is 470 g/mol. The van der Waals surface area contributed by atoms with Gasteiger partial charge < -0.3 is 25.2 Å². The normalized spacial score (nSPS) is 23.7. The highest BCUT2D eigenvalue weighted by molar-refractivity contribution is 5.97. The molecule has 0 unspecified atom stereocenters. The summed E-state index contributed by atoms with van der Waals surface area (Å²) in [5.41, 5.74) is 0.499. The highest BCUT2D eigenvalue weighted by atomic mass is 16.5. The number of amides is 4. The quantitative estimate of drug-likeness (QED) is 0.675. The zero-order chi connectivity index (χ0) is 24.1. The van der Waals surface area contributed by atoms with Gasteiger partial charge in [-0.1, -0.05) is 19.3 Å². The fourth-order valence-electron chi connectivity index (χ4n) is 5.13. The average molecular weight is 471 g/mol. The first kappa shape index (κ1) is 24.0. The Morgan fingerprint density at radius 3 is 2.41 bits per heavy atom. The Morgan fingerprint density at radius 1 is 1.00 bits per heavy atom. The summed E-state index contributed by atoms with van der Waals surface area (Å²) in [4.78, 5) is 55.4. The first-order valence-corrected chi connectivity index (χ1v) is 12.3. The predicted octanol–water partition coefficient (Wildman–Crippen LogP) is 1.32. The van der Waals surface area contributed by atoms with Gasteiger partial charge >= 0.3 is 0 Å². The molecule has 2 saturated heterocycles. The number of rotatable bonds is 5. The number of ether oxygens (including phenoxy) is 1. The van der Waals surface area contributed by atoms with Crippen LogP contribution in [0.15, 0.2) is 24.3 Å². The van der Waals surface area contributed by atoms with Crippen molar-refractivity contribution in [2.75, 3.05) is 33.3 Å². The molecular weight excluding hydrogens is 436 g/mol. The van der Waals surface area contributed by atoms with Crippen molar-refractivity contribution in [3.05, 3.63) is 29.8 Å². The second-order valence-electron chi connectivity index (χ2n) is 9.36. The zero-order valence-electron chi connectivity index (χ0n) is 19.8. The molecule has 1 aromatic rings. The first-order chi connectivity index (χ1) is 16.5. The van der Waals surface area contributed by atoms with Gasteiger partial charge in [0, 0.05) is 31.1 Å². The van der Waals surface area contributed by atoms with Crippen LogP contribution in [0.25, 0.3) is 0 Å². The molecule has 2 N–H and O–H groups in total. The van der Waals surface area contributed by atoms with Crippen LogP contribution >= 0.6 is 0 Å². The number of nitrogens with zero attached hydrogens (tertiary/aromatic N) is 2. The van der Waals surface area contributed by atoms with Crippen LogP contribution in [-0.4, -0.2) is 78.8 Å². The molecule has 0 spiro atoms. The minimum atomic E-state index is -0.819. The second kappa shape index (κ2) is 10.9. The van der Waals surface area contributed by atoms with Gasteiger partial charge in [-0.15, -0.1) is 0 Å². The van der Waals surface area contributed by atoms with Crippen molar-refractivity contribution in [2.24, 2.45) is 5.92 Å². The lowest BCUT2D eigenvalue weighted by molar-refractivity contribution is -0.148. The van der Waals surface area contributed by atoms with E-state index in [4.69, 9.17) is 4.74 Å². The van der Waals surface area contributed by atoms with Crippen LogP contribution in [0.1, 0.15) is 55.3 Å². The summed E-state index contributed by atoms with van der Waals surface area (Å²) in [5, 5.41) is 5.62. The van der Waals surface area contributed by atoms with E-state index in [2.05, 4.69) is 10.6 Å². The number of piperidine rings is 1. The first-order valence-electron chi connectivity index (χ1n) is 12.3. The average Bonchev–Trinajstić information content (AvgIpc) is 2.89. The van der Waals surface area contributed by atoms with E-state index in [0.29, 0.717) is 37.4 Å². The molecule has 1 aromatic carbocycles. The summed E-state index contributed by atoms with van der Waals surface area (Å²) in [6, 6.07) is 5.41. The number of nitrogens with one attached hydrogen (secondary N) is 2. The SMILES string of the molecule is COc1ccc(C(=O)N2CCN(C(=O)C3CCCCC3)[C@@H](C(=O)N[C@@H]3CCCNC3=O)C2)cc1. The summed E-state index contributed by atoms with van der Waals surface area (Å²) >= 11 is 0. The molecule has 2 aliphatic heterocycles. The molecule has 34 heavy (non-hydrogen) atoms. The van der Waals surface area contributed by atoms with Crippen molar-refractivity contribution >= 4 is 23.6 Å². The molecule has 2 atom stereocenters. The largest absolute Gasteiger partial charge is 0.497 e. The minimum absolute atomic E-state index is 0.00973. The van der Waals surface area contributed by atoms with Crippen molar-refractivity contribution in [2.45, 2.75) is 57.0 Å². The van der Waals surface area contributed by atoms with Crippen molar-refractivity contribution in [3.8, 4) is 5.75 Å². The van der Waals surface area contributed by atoms with Gasteiger partial charge in [-0.3, -0.25) is 19.2 Å². The van der Waals surface area contributed by atoms with E-state index < -0.39 is 12.1 Å². The Morgan fingerprint density at radius 2 is 1.74 bits per heavy atom. The molecule has 4 rings (SSSR count). The number of hydrogen-bond acceptors (Lipinski definition) is 5. The fourth-order valence-corrected chi connectivity index (χ4v) is 5.13. The van der Waals surface area contributed by atoms with E-state index in [9.17, 15) is 19.2 Å². The third kappa shape index (κ3) is 5.34. The standard InChI is InChI=1S/C25H34N4O5/c1-34-19-11-9-18(10-12-19)24(32)28-14-15-29(25(33)17-6-3-2-4-7-17)21(16-28)23(31)27-20-8-5-13-26-22(20)30/h9-12,17,20-21H,2-8,13-16H2,1H3,(H,26,30)(H,27,31)/t20-,21-/m1/s1.